The maximum absolute atomic E-state index is 13.8. The first-order chi connectivity index (χ1) is 14.6. The molecule has 1 unspecified atom stereocenters. The van der Waals surface area contributed by atoms with Gasteiger partial charge >= 0.3 is 0 Å². The van der Waals surface area contributed by atoms with Crippen molar-refractivity contribution in [1.82, 2.24) is 15.1 Å². The van der Waals surface area contributed by atoms with Crippen LogP contribution >= 0.6 is 0 Å². The number of nitrogens with zero attached hydrogens (tertiary/aromatic N) is 5. The van der Waals surface area contributed by atoms with Crippen LogP contribution in [0.1, 0.15) is 6.92 Å². The van der Waals surface area contributed by atoms with Gasteiger partial charge in [-0.15, -0.1) is 5.10 Å². The number of carbonyl (C=O) groups is 1. The standard InChI is InChI=1S/C21H26FN5O3/c1-16(30-19-5-3-2-4-18(19)22)21(28)27-8-6-25(7-9-27)17-14-20(24-23-15-17)26-10-12-29-13-11-26/h2-5,14-16H,6-13H2,1H3. The molecule has 3 heterocycles. The van der Waals surface area contributed by atoms with Gasteiger partial charge in [0.15, 0.2) is 23.5 Å². The summed E-state index contributed by atoms with van der Waals surface area (Å²) in [7, 11) is 0. The van der Waals surface area contributed by atoms with Gasteiger partial charge in [0.1, 0.15) is 0 Å². The Morgan fingerprint density at radius 2 is 1.83 bits per heavy atom. The van der Waals surface area contributed by atoms with E-state index in [2.05, 4.69) is 20.0 Å². The molecule has 30 heavy (non-hydrogen) atoms. The van der Waals surface area contributed by atoms with Crippen molar-refractivity contribution in [2.75, 3.05) is 62.3 Å². The summed E-state index contributed by atoms with van der Waals surface area (Å²) in [5, 5.41) is 8.42. The number of hydrogen-bond donors (Lipinski definition) is 0. The van der Waals surface area contributed by atoms with Crippen LogP contribution in [0.2, 0.25) is 0 Å². The number of para-hydroxylation sites is 1. The van der Waals surface area contributed by atoms with Gasteiger partial charge < -0.3 is 24.2 Å². The number of amides is 1. The maximum Gasteiger partial charge on any atom is 0.263 e. The molecule has 0 aliphatic carbocycles. The number of aromatic nitrogens is 2. The molecule has 160 valence electrons. The van der Waals surface area contributed by atoms with Crippen molar-refractivity contribution in [2.24, 2.45) is 0 Å². The average molecular weight is 415 g/mol. The summed E-state index contributed by atoms with van der Waals surface area (Å²) in [5.74, 6) is 0.333. The van der Waals surface area contributed by atoms with E-state index >= 15 is 0 Å². The molecule has 1 aromatic carbocycles. The Kier molecular flexibility index (Phi) is 6.27. The minimum absolute atomic E-state index is 0.0930. The number of piperazine rings is 1. The third-order valence-corrected chi connectivity index (χ3v) is 5.41. The number of morpholine rings is 1. The van der Waals surface area contributed by atoms with Crippen molar-refractivity contribution in [3.8, 4) is 5.75 Å². The first-order valence-electron chi connectivity index (χ1n) is 10.2. The molecule has 0 radical (unpaired) electrons. The zero-order valence-corrected chi connectivity index (χ0v) is 17.0. The predicted octanol–water partition coefficient (Wildman–Crippen LogP) is 1.57. The van der Waals surface area contributed by atoms with Gasteiger partial charge in [-0.1, -0.05) is 12.1 Å². The minimum Gasteiger partial charge on any atom is -0.478 e. The van der Waals surface area contributed by atoms with E-state index < -0.39 is 11.9 Å². The van der Waals surface area contributed by atoms with Crippen LogP contribution in [0.5, 0.6) is 5.75 Å². The van der Waals surface area contributed by atoms with Crippen molar-refractivity contribution in [2.45, 2.75) is 13.0 Å². The van der Waals surface area contributed by atoms with Crippen molar-refractivity contribution < 1.29 is 18.7 Å². The lowest BCUT2D eigenvalue weighted by Crippen LogP contribution is -2.52. The molecule has 0 saturated carbocycles. The Morgan fingerprint density at radius 3 is 2.57 bits per heavy atom. The molecule has 1 atom stereocenters. The molecule has 1 aromatic heterocycles. The zero-order chi connectivity index (χ0) is 20.9. The fourth-order valence-electron chi connectivity index (χ4n) is 3.69. The van der Waals surface area contributed by atoms with E-state index in [1.165, 1.54) is 12.1 Å². The normalized spacial score (nSPS) is 18.3. The van der Waals surface area contributed by atoms with Crippen LogP contribution in [0.4, 0.5) is 15.9 Å². The van der Waals surface area contributed by atoms with E-state index in [0.29, 0.717) is 39.4 Å². The summed E-state index contributed by atoms with van der Waals surface area (Å²) in [6.07, 6.45) is 1.01. The minimum atomic E-state index is -0.746. The van der Waals surface area contributed by atoms with E-state index in [4.69, 9.17) is 9.47 Å². The van der Waals surface area contributed by atoms with Crippen LogP contribution in [-0.2, 0) is 9.53 Å². The van der Waals surface area contributed by atoms with Crippen LogP contribution in [0.3, 0.4) is 0 Å². The number of benzene rings is 1. The topological polar surface area (TPSA) is 71.0 Å². The second kappa shape index (κ2) is 9.25. The first-order valence-corrected chi connectivity index (χ1v) is 10.2. The molecule has 4 rings (SSSR count). The predicted molar refractivity (Wildman–Crippen MR) is 110 cm³/mol. The van der Waals surface area contributed by atoms with Crippen molar-refractivity contribution in [3.05, 3.63) is 42.3 Å². The molecular weight excluding hydrogens is 389 g/mol. The SMILES string of the molecule is CC(Oc1ccccc1F)C(=O)N1CCN(c2cnnc(N3CCOCC3)c2)CC1. The third kappa shape index (κ3) is 4.62. The Hall–Kier alpha value is -2.94. The maximum atomic E-state index is 13.8. The Balaban J connectivity index is 1.33. The van der Waals surface area contributed by atoms with Gasteiger partial charge in [0.05, 0.1) is 25.1 Å². The summed E-state index contributed by atoms with van der Waals surface area (Å²) in [5.41, 5.74) is 0.995. The Morgan fingerprint density at radius 1 is 1.10 bits per heavy atom. The smallest absolute Gasteiger partial charge is 0.263 e. The molecule has 0 spiro atoms. The lowest BCUT2D eigenvalue weighted by Gasteiger charge is -2.37. The third-order valence-electron chi connectivity index (χ3n) is 5.41. The highest BCUT2D eigenvalue weighted by Crippen LogP contribution is 2.22. The molecule has 0 N–H and O–H groups in total. The highest BCUT2D eigenvalue weighted by atomic mass is 19.1. The number of halogens is 1. The lowest BCUT2D eigenvalue weighted by atomic mass is 10.2. The quantitative estimate of drug-likeness (QED) is 0.734. The second-order valence-electron chi connectivity index (χ2n) is 7.37. The summed E-state index contributed by atoms with van der Waals surface area (Å²) in [4.78, 5) is 18.9. The Bertz CT molecular complexity index is 869. The highest BCUT2D eigenvalue weighted by Gasteiger charge is 2.27. The van der Waals surface area contributed by atoms with Gasteiger partial charge in [-0.3, -0.25) is 4.79 Å². The molecule has 9 heteroatoms. The number of hydrogen-bond acceptors (Lipinski definition) is 7. The molecule has 2 aliphatic heterocycles. The fraction of sp³-hybridized carbons (Fsp3) is 0.476. The van der Waals surface area contributed by atoms with Gasteiger partial charge in [-0.25, -0.2) is 4.39 Å². The van der Waals surface area contributed by atoms with E-state index in [-0.39, 0.29) is 11.7 Å². The fourth-order valence-corrected chi connectivity index (χ4v) is 3.69. The monoisotopic (exact) mass is 415 g/mol. The van der Waals surface area contributed by atoms with Crippen molar-refractivity contribution in [3.63, 3.8) is 0 Å². The molecular formula is C21H26FN5O3. The first kappa shape index (κ1) is 20.3. The van der Waals surface area contributed by atoms with E-state index in [1.54, 1.807) is 30.2 Å². The second-order valence-corrected chi connectivity index (χ2v) is 7.37. The molecule has 0 bridgehead atoms. The van der Waals surface area contributed by atoms with E-state index in [1.807, 2.05) is 6.07 Å². The van der Waals surface area contributed by atoms with Crippen LogP contribution in [0, 0.1) is 5.82 Å². The molecule has 1 amide bonds. The Labute approximate surface area is 175 Å². The average Bonchev–Trinajstić information content (AvgIpc) is 2.81. The van der Waals surface area contributed by atoms with Gasteiger partial charge in [0.25, 0.3) is 5.91 Å². The van der Waals surface area contributed by atoms with Gasteiger partial charge in [-0.05, 0) is 19.1 Å². The van der Waals surface area contributed by atoms with E-state index in [9.17, 15) is 9.18 Å². The number of ether oxygens (including phenoxy) is 2. The lowest BCUT2D eigenvalue weighted by molar-refractivity contribution is -0.138. The van der Waals surface area contributed by atoms with Gasteiger partial charge in [0.2, 0.25) is 0 Å². The van der Waals surface area contributed by atoms with Crippen LogP contribution in [0.15, 0.2) is 36.5 Å². The van der Waals surface area contributed by atoms with Crippen LogP contribution < -0.4 is 14.5 Å². The van der Waals surface area contributed by atoms with Crippen molar-refractivity contribution in [1.29, 1.82) is 0 Å². The summed E-state index contributed by atoms with van der Waals surface area (Å²) in [6, 6.07) is 8.16. The number of anilines is 2. The summed E-state index contributed by atoms with van der Waals surface area (Å²) < 4.78 is 24.7. The van der Waals surface area contributed by atoms with Crippen LogP contribution in [0.25, 0.3) is 0 Å². The highest BCUT2D eigenvalue weighted by molar-refractivity contribution is 5.81. The zero-order valence-electron chi connectivity index (χ0n) is 17.0. The number of rotatable bonds is 5. The largest absolute Gasteiger partial charge is 0.478 e. The summed E-state index contributed by atoms with van der Waals surface area (Å²) in [6.45, 7) is 7.17. The van der Waals surface area contributed by atoms with Crippen LogP contribution in [-0.4, -0.2) is 79.6 Å². The molecule has 2 aliphatic rings. The van der Waals surface area contributed by atoms with Gasteiger partial charge in [-0.2, -0.15) is 5.10 Å². The molecule has 2 fully saturated rings. The van der Waals surface area contributed by atoms with Crippen molar-refractivity contribution >= 4 is 17.4 Å². The van der Waals surface area contributed by atoms with Gasteiger partial charge in [0, 0.05) is 45.3 Å². The summed E-state index contributed by atoms with van der Waals surface area (Å²) >= 11 is 0. The van der Waals surface area contributed by atoms with E-state index in [0.717, 1.165) is 24.6 Å². The number of carbonyl (C=O) groups excluding carboxylic acids is 1. The molecule has 8 nitrogen and oxygen atoms in total. The molecule has 2 saturated heterocycles. The molecule has 2 aromatic rings.